The molecule has 3 aromatic rings. The molecular weight excluding hydrogens is 532 g/mol. The van der Waals surface area contributed by atoms with Crippen molar-refractivity contribution < 1.29 is 27.5 Å². The molecule has 0 fully saturated rings. The lowest BCUT2D eigenvalue weighted by molar-refractivity contribution is -0.143. The predicted octanol–water partition coefficient (Wildman–Crippen LogP) is 4.06. The Hall–Kier alpha value is -4.51. The van der Waals surface area contributed by atoms with Crippen molar-refractivity contribution in [3.8, 4) is 11.1 Å². The standard InChI is InChI=1S/C29H32N4O6S/c1-19(2)17-33(18-20-9-8-12-22(15-20)26(30)39-29(36)31-3)28(35)27(34)32-23-13-14-24(21-10-6-5-7-11-21)25(16-23)40(4,37)38/h5-16,19,30H,17-18H2,1-4H3,(H,31,36)(H,32,34). The van der Waals surface area contributed by atoms with Gasteiger partial charge in [0.2, 0.25) is 5.90 Å². The summed E-state index contributed by atoms with van der Waals surface area (Å²) in [5.41, 5.74) is 2.31. The quantitative estimate of drug-likeness (QED) is 0.214. The van der Waals surface area contributed by atoms with E-state index in [0.717, 1.165) is 6.26 Å². The molecule has 0 aromatic heterocycles. The molecule has 3 amide bonds. The Bertz CT molecular complexity index is 1520. The van der Waals surface area contributed by atoms with E-state index in [-0.39, 0.29) is 35.5 Å². The molecule has 0 aliphatic rings. The molecule has 3 aromatic carbocycles. The van der Waals surface area contributed by atoms with Gasteiger partial charge in [-0.05, 0) is 41.3 Å². The Balaban J connectivity index is 1.83. The van der Waals surface area contributed by atoms with Gasteiger partial charge in [0.1, 0.15) is 0 Å². The van der Waals surface area contributed by atoms with E-state index in [4.69, 9.17) is 10.1 Å². The summed E-state index contributed by atoms with van der Waals surface area (Å²) >= 11 is 0. The Morgan fingerprint density at radius 2 is 1.68 bits per heavy atom. The summed E-state index contributed by atoms with van der Waals surface area (Å²) in [6.07, 6.45) is 0.309. The zero-order valence-corrected chi connectivity index (χ0v) is 23.5. The molecule has 3 rings (SSSR count). The highest BCUT2D eigenvalue weighted by Gasteiger charge is 2.24. The van der Waals surface area contributed by atoms with E-state index >= 15 is 0 Å². The van der Waals surface area contributed by atoms with Crippen molar-refractivity contribution in [1.82, 2.24) is 10.2 Å². The topological polar surface area (TPSA) is 146 Å². The molecule has 0 saturated heterocycles. The largest absolute Gasteiger partial charge is 0.413 e. The van der Waals surface area contributed by atoms with Crippen LogP contribution in [0.1, 0.15) is 25.0 Å². The second-order valence-corrected chi connectivity index (χ2v) is 11.5. The highest BCUT2D eigenvalue weighted by Crippen LogP contribution is 2.30. The first-order valence-corrected chi connectivity index (χ1v) is 14.4. The van der Waals surface area contributed by atoms with Gasteiger partial charge in [0.15, 0.2) is 9.84 Å². The molecule has 210 valence electrons. The minimum absolute atomic E-state index is 0.0289. The second-order valence-electron chi connectivity index (χ2n) is 9.55. The van der Waals surface area contributed by atoms with E-state index in [9.17, 15) is 22.8 Å². The fourth-order valence-corrected chi connectivity index (χ4v) is 4.91. The van der Waals surface area contributed by atoms with Crippen molar-refractivity contribution in [3.63, 3.8) is 0 Å². The van der Waals surface area contributed by atoms with Crippen molar-refractivity contribution in [2.24, 2.45) is 5.92 Å². The molecule has 0 radical (unpaired) electrons. The first-order valence-electron chi connectivity index (χ1n) is 12.5. The molecule has 40 heavy (non-hydrogen) atoms. The molecule has 0 saturated carbocycles. The molecule has 0 heterocycles. The van der Waals surface area contributed by atoms with Gasteiger partial charge < -0.3 is 20.3 Å². The van der Waals surface area contributed by atoms with Crippen molar-refractivity contribution >= 4 is 39.3 Å². The van der Waals surface area contributed by atoms with Crippen LogP contribution in [0.25, 0.3) is 11.1 Å². The summed E-state index contributed by atoms with van der Waals surface area (Å²) in [7, 11) is -2.27. The van der Waals surface area contributed by atoms with Crippen LogP contribution in [-0.2, 0) is 30.7 Å². The monoisotopic (exact) mass is 564 g/mol. The Morgan fingerprint density at radius 1 is 0.975 bits per heavy atom. The van der Waals surface area contributed by atoms with Crippen LogP contribution in [0.4, 0.5) is 10.5 Å². The van der Waals surface area contributed by atoms with E-state index in [2.05, 4.69) is 10.6 Å². The number of alkyl carbamates (subject to hydrolysis) is 1. The van der Waals surface area contributed by atoms with Crippen LogP contribution >= 0.6 is 0 Å². The highest BCUT2D eigenvalue weighted by atomic mass is 32.2. The molecule has 10 nitrogen and oxygen atoms in total. The SMILES string of the molecule is CNC(=O)OC(=N)c1cccc(CN(CC(C)C)C(=O)C(=O)Nc2ccc(-c3ccccc3)c(S(C)(=O)=O)c2)c1. The van der Waals surface area contributed by atoms with E-state index in [1.54, 1.807) is 60.7 Å². The van der Waals surface area contributed by atoms with Gasteiger partial charge in [-0.15, -0.1) is 0 Å². The lowest BCUT2D eigenvalue weighted by atomic mass is 10.1. The van der Waals surface area contributed by atoms with E-state index in [0.29, 0.717) is 22.3 Å². The molecular formula is C29H32N4O6S. The van der Waals surface area contributed by atoms with Crippen LogP contribution < -0.4 is 10.6 Å². The molecule has 0 unspecified atom stereocenters. The number of amides is 3. The molecule has 11 heteroatoms. The molecule has 0 aliphatic heterocycles. The summed E-state index contributed by atoms with van der Waals surface area (Å²) in [5.74, 6) is -2.04. The third-order valence-electron chi connectivity index (χ3n) is 5.75. The maximum absolute atomic E-state index is 13.2. The molecule has 3 N–H and O–H groups in total. The maximum Gasteiger partial charge on any atom is 0.413 e. The number of hydrogen-bond donors (Lipinski definition) is 3. The van der Waals surface area contributed by atoms with Crippen molar-refractivity contribution in [2.75, 3.05) is 25.2 Å². The molecule has 0 spiro atoms. The van der Waals surface area contributed by atoms with Crippen LogP contribution in [-0.4, -0.2) is 57.0 Å². The van der Waals surface area contributed by atoms with Gasteiger partial charge in [-0.3, -0.25) is 15.0 Å². The summed E-state index contributed by atoms with van der Waals surface area (Å²) in [5, 5.41) is 12.8. The van der Waals surface area contributed by atoms with Gasteiger partial charge in [-0.25, -0.2) is 13.2 Å². The minimum atomic E-state index is -3.65. The smallest absolute Gasteiger partial charge is 0.391 e. The molecule has 0 aliphatic carbocycles. The lowest BCUT2D eigenvalue weighted by Crippen LogP contribution is -2.41. The molecule has 0 bridgehead atoms. The third-order valence-corrected chi connectivity index (χ3v) is 6.89. The van der Waals surface area contributed by atoms with Crippen LogP contribution in [0.15, 0.2) is 77.7 Å². The number of carbonyl (C=O) groups is 3. The average Bonchev–Trinajstić information content (AvgIpc) is 2.92. The summed E-state index contributed by atoms with van der Waals surface area (Å²) in [6.45, 7) is 4.14. The fraction of sp³-hybridized carbons (Fsp3) is 0.241. The number of anilines is 1. The number of nitrogens with one attached hydrogen (secondary N) is 3. The zero-order valence-electron chi connectivity index (χ0n) is 22.7. The Kier molecular flexibility index (Phi) is 9.78. The van der Waals surface area contributed by atoms with Gasteiger partial charge in [0.25, 0.3) is 0 Å². The summed E-state index contributed by atoms with van der Waals surface area (Å²) in [6, 6.07) is 20.1. The zero-order chi connectivity index (χ0) is 29.4. The number of hydrogen-bond acceptors (Lipinski definition) is 7. The molecule has 0 atom stereocenters. The normalized spacial score (nSPS) is 11.0. The number of benzene rings is 3. The fourth-order valence-electron chi connectivity index (χ4n) is 3.99. The van der Waals surface area contributed by atoms with E-state index in [1.165, 1.54) is 18.0 Å². The van der Waals surface area contributed by atoms with Gasteiger partial charge >= 0.3 is 17.9 Å². The Morgan fingerprint density at radius 3 is 2.30 bits per heavy atom. The van der Waals surface area contributed by atoms with Gasteiger partial charge in [0, 0.05) is 43.2 Å². The first kappa shape index (κ1) is 30.0. The van der Waals surface area contributed by atoms with Gasteiger partial charge in [0.05, 0.1) is 4.90 Å². The highest BCUT2D eigenvalue weighted by molar-refractivity contribution is 7.90. The van der Waals surface area contributed by atoms with Crippen molar-refractivity contribution in [2.45, 2.75) is 25.3 Å². The maximum atomic E-state index is 13.2. The number of nitrogens with zero attached hydrogens (tertiary/aromatic N) is 1. The van der Waals surface area contributed by atoms with Crippen LogP contribution in [0, 0.1) is 11.3 Å². The summed E-state index contributed by atoms with van der Waals surface area (Å²) in [4.78, 5) is 39.1. The minimum Gasteiger partial charge on any atom is -0.391 e. The number of rotatable bonds is 8. The van der Waals surface area contributed by atoms with Crippen LogP contribution in [0.5, 0.6) is 0 Å². The van der Waals surface area contributed by atoms with Crippen LogP contribution in [0.2, 0.25) is 0 Å². The average molecular weight is 565 g/mol. The number of carbonyl (C=O) groups excluding carboxylic acids is 3. The predicted molar refractivity (Wildman–Crippen MR) is 153 cm³/mol. The van der Waals surface area contributed by atoms with Crippen molar-refractivity contribution in [1.29, 1.82) is 5.41 Å². The van der Waals surface area contributed by atoms with Crippen molar-refractivity contribution in [3.05, 3.63) is 83.9 Å². The van der Waals surface area contributed by atoms with E-state index in [1.807, 2.05) is 19.9 Å². The number of ether oxygens (including phenoxy) is 1. The first-order chi connectivity index (χ1) is 18.9. The Labute approximate surface area is 233 Å². The van der Waals surface area contributed by atoms with E-state index < -0.39 is 27.7 Å². The third kappa shape index (κ3) is 8.00. The van der Waals surface area contributed by atoms with Crippen LogP contribution in [0.3, 0.4) is 0 Å². The number of sulfone groups is 1. The summed E-state index contributed by atoms with van der Waals surface area (Å²) < 4.78 is 30.0. The van der Waals surface area contributed by atoms with Gasteiger partial charge in [-0.1, -0.05) is 62.4 Å². The van der Waals surface area contributed by atoms with Gasteiger partial charge in [-0.2, -0.15) is 0 Å². The lowest BCUT2D eigenvalue weighted by Gasteiger charge is -2.24. The second kappa shape index (κ2) is 13.0.